The molecule has 8 rings (SSSR count). The number of nitrogens with zero attached hydrogens (tertiary/aromatic N) is 1. The first-order valence-corrected chi connectivity index (χ1v) is 32.1. The van der Waals surface area contributed by atoms with E-state index in [1.54, 1.807) is 13.8 Å². The van der Waals surface area contributed by atoms with Crippen molar-refractivity contribution in [2.45, 2.75) is 120 Å². The Morgan fingerprint density at radius 2 is 1.41 bits per heavy atom. The summed E-state index contributed by atoms with van der Waals surface area (Å²) >= 11 is 0. The Balaban J connectivity index is 0.979. The van der Waals surface area contributed by atoms with Crippen LogP contribution >= 0.6 is 21.6 Å². The van der Waals surface area contributed by atoms with Crippen LogP contribution in [-0.2, 0) is 58.3 Å². The topological polar surface area (TPSA) is 462 Å². The number of aromatic hydroxyl groups is 3. The molecule has 0 saturated carbocycles. The summed E-state index contributed by atoms with van der Waals surface area (Å²) in [7, 11) is 2.15. The number of likely N-dealkylation sites (tertiary alicyclic amines) is 1. The van der Waals surface area contributed by atoms with Crippen molar-refractivity contribution in [3.8, 4) is 28.7 Å². The van der Waals surface area contributed by atoms with Gasteiger partial charge in [0.2, 0.25) is 59.1 Å². The van der Waals surface area contributed by atoms with Crippen LogP contribution in [0.4, 0.5) is 0 Å². The first kappa shape index (κ1) is 68.3. The minimum Gasteiger partial charge on any atom is -0.508 e. The number of nitrogens with one attached hydrogen (secondary N) is 8. The van der Waals surface area contributed by atoms with Gasteiger partial charge in [0.1, 0.15) is 71.0 Å². The molecule has 0 bridgehead atoms. The van der Waals surface area contributed by atoms with Gasteiger partial charge in [-0.3, -0.25) is 52.7 Å². The summed E-state index contributed by atoms with van der Waals surface area (Å²) in [6, 6.07) is 8.14. The summed E-state index contributed by atoms with van der Waals surface area (Å²) in [5.41, 5.74) is 16.5. The highest BCUT2D eigenvalue weighted by molar-refractivity contribution is 8.76. The molecule has 11 amide bonds. The molecule has 92 heavy (non-hydrogen) atoms. The van der Waals surface area contributed by atoms with Gasteiger partial charge in [-0.1, -0.05) is 54.0 Å². The Morgan fingerprint density at radius 3 is 2.07 bits per heavy atom. The van der Waals surface area contributed by atoms with Crippen molar-refractivity contribution >= 4 is 92.5 Å². The van der Waals surface area contributed by atoms with E-state index in [9.17, 15) is 72.9 Å². The number of esters is 1. The number of phenols is 3. The largest absolute Gasteiger partial charge is 0.508 e. The quantitative estimate of drug-likeness (QED) is 0.0273. The highest BCUT2D eigenvalue weighted by Crippen LogP contribution is 2.57. The second-order valence-corrected chi connectivity index (χ2v) is 25.0. The van der Waals surface area contributed by atoms with Gasteiger partial charge in [0.05, 0.1) is 18.7 Å². The van der Waals surface area contributed by atoms with E-state index in [0.29, 0.717) is 17.5 Å². The van der Waals surface area contributed by atoms with E-state index in [-0.39, 0.29) is 114 Å². The first-order chi connectivity index (χ1) is 43.9. The Bertz CT molecular complexity index is 3490. The van der Waals surface area contributed by atoms with Gasteiger partial charge >= 0.3 is 5.97 Å². The average Bonchev–Trinajstić information content (AvgIpc) is 1.47. The zero-order valence-corrected chi connectivity index (χ0v) is 51.7. The number of primary amides is 2. The van der Waals surface area contributed by atoms with Gasteiger partial charge in [0.15, 0.2) is 5.60 Å². The SMILES string of the molecule is CCC(C)C1NC(=O)C(c2ccc(O)cc2)NC(=O)CCSSCC(C(=O)N2CCCC2C(=O)NC(CCCNC(=O)c2ccc3c(c2)C2(OC3=O)c3ccc(O)cc3Oc3cc(O)ccc32)C(=O)NCN)NC(=O)C(CC(N)=O)NC(=O)C(CCC(N)=O)NC1=O. The number of amides is 11. The van der Waals surface area contributed by atoms with E-state index in [1.807, 2.05) is 0 Å². The summed E-state index contributed by atoms with van der Waals surface area (Å²) in [6.45, 7) is 3.02. The van der Waals surface area contributed by atoms with Crippen LogP contribution in [0.5, 0.6) is 28.7 Å². The van der Waals surface area contributed by atoms with Gasteiger partial charge < -0.3 is 89.4 Å². The Kier molecular flexibility index (Phi) is 22.6. The third-order valence-corrected chi connectivity index (χ3v) is 18.4. The number of fused-ring (bicyclic) bond motifs is 6. The molecule has 4 aromatic carbocycles. The normalized spacial score (nSPS) is 21.5. The van der Waals surface area contributed by atoms with E-state index in [2.05, 4.69) is 42.5 Å². The lowest BCUT2D eigenvalue weighted by molar-refractivity contribution is -0.142. The van der Waals surface area contributed by atoms with Gasteiger partial charge in [-0.25, -0.2) is 4.79 Å². The molecule has 29 nitrogen and oxygen atoms in total. The van der Waals surface area contributed by atoms with Crippen LogP contribution in [0.3, 0.4) is 0 Å². The minimum absolute atomic E-state index is 0.00679. The average molecular weight is 1310 g/mol. The molecule has 4 aliphatic rings. The zero-order chi connectivity index (χ0) is 66.6. The molecule has 8 atom stereocenters. The third-order valence-electron chi connectivity index (χ3n) is 16.0. The molecule has 0 aromatic heterocycles. The maximum Gasteiger partial charge on any atom is 0.340 e. The molecule has 17 N–H and O–H groups in total. The lowest BCUT2D eigenvalue weighted by Gasteiger charge is -2.36. The van der Waals surface area contributed by atoms with Crippen molar-refractivity contribution < 1.29 is 82.3 Å². The Morgan fingerprint density at radius 1 is 0.750 bits per heavy atom. The molecule has 0 radical (unpaired) electrons. The summed E-state index contributed by atoms with van der Waals surface area (Å²) in [5.74, 6) is -10.9. The summed E-state index contributed by atoms with van der Waals surface area (Å²) in [6.07, 6.45) is -1.14. The third kappa shape index (κ3) is 16.1. The van der Waals surface area contributed by atoms with E-state index in [0.717, 1.165) is 21.6 Å². The number of rotatable bonds is 18. The Labute approximate surface area is 534 Å². The van der Waals surface area contributed by atoms with E-state index in [1.165, 1.54) is 83.8 Å². The maximum atomic E-state index is 14.8. The molecule has 2 fully saturated rings. The van der Waals surface area contributed by atoms with Crippen LogP contribution in [0.2, 0.25) is 0 Å². The standard InChI is InChI=1S/C61H72N12O17S2/c1-3-30(2)50-57(85)68-41(18-19-47(63)77)54(82)69-42(27-48(64)78)55(83)70-43(28-92-91-23-20-49(79)71-51(58(86)72-50)31-8-11-33(74)12-9-31)59(87)73-22-5-7-44(73)56(84)67-40(53(81)66-29-62)6-4-21-65-52(80)32-10-15-36-39(24-32)61(90-60(36)88)37-16-13-34(75)25-45(37)89-46-26-35(76)14-17-38(46)61/h8-17,24-26,30,40-44,50-51,74-76H,3-7,18-23,27-29,62H2,1-2H3,(H2,63,77)(H2,64,78)(H,65,80)(H,66,81)(H,67,84)(H,68,85)(H,69,82)(H,70,83)(H,71,79)(H,72,86). The van der Waals surface area contributed by atoms with Gasteiger partial charge in [0.25, 0.3) is 5.91 Å². The molecular weight excluding hydrogens is 1240 g/mol. The summed E-state index contributed by atoms with van der Waals surface area (Å²) in [4.78, 5) is 166. The van der Waals surface area contributed by atoms with Crippen LogP contribution in [0.15, 0.2) is 78.9 Å². The van der Waals surface area contributed by atoms with Crippen molar-refractivity contribution in [1.82, 2.24) is 47.4 Å². The molecule has 4 aliphatic heterocycles. The lowest BCUT2D eigenvalue weighted by Crippen LogP contribution is -2.61. The fourth-order valence-corrected chi connectivity index (χ4v) is 13.3. The van der Waals surface area contributed by atoms with Crippen LogP contribution in [-0.4, -0.2) is 159 Å². The second-order valence-electron chi connectivity index (χ2n) is 22.4. The molecule has 1 spiro atoms. The second kappa shape index (κ2) is 30.5. The lowest BCUT2D eigenvalue weighted by atomic mass is 9.77. The maximum absolute atomic E-state index is 14.8. The fourth-order valence-electron chi connectivity index (χ4n) is 11.1. The molecule has 4 aromatic rings. The van der Waals surface area contributed by atoms with Crippen LogP contribution in [0.1, 0.15) is 121 Å². The number of benzene rings is 4. The highest BCUT2D eigenvalue weighted by atomic mass is 33.1. The highest BCUT2D eigenvalue weighted by Gasteiger charge is 2.54. The number of hydrogen-bond acceptors (Lipinski definition) is 20. The first-order valence-electron chi connectivity index (χ1n) is 29.6. The number of nitrogens with two attached hydrogens (primary N) is 3. The van der Waals surface area contributed by atoms with E-state index >= 15 is 0 Å². The molecule has 2 saturated heterocycles. The summed E-state index contributed by atoms with van der Waals surface area (Å²) in [5, 5.41) is 51.6. The fraction of sp³-hybridized carbons (Fsp3) is 0.410. The zero-order valence-electron chi connectivity index (χ0n) is 50.1. The van der Waals surface area contributed by atoms with Gasteiger partial charge in [-0.15, -0.1) is 0 Å². The molecule has 4 heterocycles. The van der Waals surface area contributed by atoms with Crippen molar-refractivity contribution in [2.75, 3.05) is 31.3 Å². The molecule has 31 heteroatoms. The molecule has 8 unspecified atom stereocenters. The number of ether oxygens (including phenoxy) is 2. The van der Waals surface area contributed by atoms with Crippen molar-refractivity contribution in [1.29, 1.82) is 0 Å². The van der Waals surface area contributed by atoms with E-state index < -0.39 is 144 Å². The molecule has 0 aliphatic carbocycles. The van der Waals surface area contributed by atoms with Crippen molar-refractivity contribution in [2.24, 2.45) is 23.1 Å². The monoisotopic (exact) mass is 1310 g/mol. The smallest absolute Gasteiger partial charge is 0.340 e. The minimum atomic E-state index is -1.79. The van der Waals surface area contributed by atoms with Crippen LogP contribution in [0.25, 0.3) is 0 Å². The van der Waals surface area contributed by atoms with E-state index in [4.69, 9.17) is 26.7 Å². The van der Waals surface area contributed by atoms with Gasteiger partial charge in [0, 0.05) is 71.8 Å². The predicted molar refractivity (Wildman–Crippen MR) is 331 cm³/mol. The Hall–Kier alpha value is -9.62. The van der Waals surface area contributed by atoms with Crippen molar-refractivity contribution in [3.63, 3.8) is 0 Å². The van der Waals surface area contributed by atoms with Crippen LogP contribution < -0.4 is 64.5 Å². The molecule has 490 valence electrons. The summed E-state index contributed by atoms with van der Waals surface area (Å²) < 4.78 is 12.2. The number of carbonyl (C=O) groups is 12. The number of carbonyl (C=O) groups excluding carboxylic acids is 12. The van der Waals surface area contributed by atoms with Gasteiger partial charge in [-0.05, 0) is 98.2 Å². The number of hydrogen-bond donors (Lipinski definition) is 14. The number of phenolic OH excluding ortho intramolecular Hbond substituents is 3. The molecular formula is C61H72N12O17S2. The van der Waals surface area contributed by atoms with Gasteiger partial charge in [-0.2, -0.15) is 0 Å². The predicted octanol–water partition coefficient (Wildman–Crippen LogP) is 0.158. The van der Waals surface area contributed by atoms with Crippen molar-refractivity contribution in [3.05, 3.63) is 112 Å². The van der Waals surface area contributed by atoms with Crippen LogP contribution in [0, 0.1) is 5.92 Å².